The first-order valence-corrected chi connectivity index (χ1v) is 16.6. The van der Waals surface area contributed by atoms with Gasteiger partial charge in [-0.1, -0.05) is 97.1 Å². The monoisotopic (exact) mass is 622 g/mol. The molecule has 3 heterocycles. The van der Waals surface area contributed by atoms with E-state index >= 15 is 0 Å². The molecule has 11 rings (SSSR count). The molecule has 0 fully saturated rings. The number of benzene rings is 7. The Balaban J connectivity index is 1.17. The number of hydrogen-bond acceptors (Lipinski definition) is 3. The molecule has 0 saturated heterocycles. The molecule has 0 spiro atoms. The molecule has 0 saturated carbocycles. The van der Waals surface area contributed by atoms with E-state index in [4.69, 9.17) is 9.97 Å². The molecule has 3 aromatic heterocycles. The third kappa shape index (κ3) is 3.77. The smallest absolute Gasteiger partial charge is 0.163 e. The van der Waals surface area contributed by atoms with Crippen molar-refractivity contribution in [2.75, 3.05) is 0 Å². The fourth-order valence-corrected chi connectivity index (χ4v) is 8.01. The quantitative estimate of drug-likeness (QED) is 0.197. The molecule has 0 amide bonds. The highest BCUT2D eigenvalue weighted by atomic mass is 15.0. The Morgan fingerprint density at radius 3 is 1.98 bits per heavy atom. The SMILES string of the molecule is c1ccc(-c2nc(-c3ccc(-n4c5cc6ccccc6cc5c5c6cccc7c6c(cc54)-c4ccccc4-7)cc3)nc3ncccc23)cc1. The van der Waals surface area contributed by atoms with Crippen molar-refractivity contribution >= 4 is 54.4 Å². The lowest BCUT2D eigenvalue weighted by atomic mass is 9.97. The van der Waals surface area contributed by atoms with Gasteiger partial charge in [-0.05, 0) is 98.4 Å². The minimum absolute atomic E-state index is 0.660. The van der Waals surface area contributed by atoms with Crippen LogP contribution in [0.4, 0.5) is 0 Å². The summed E-state index contributed by atoms with van der Waals surface area (Å²) in [6, 6.07) is 54.3. The molecule has 0 radical (unpaired) electrons. The summed E-state index contributed by atoms with van der Waals surface area (Å²) >= 11 is 0. The van der Waals surface area contributed by atoms with Crippen LogP contribution in [0.5, 0.6) is 0 Å². The van der Waals surface area contributed by atoms with Crippen LogP contribution in [0.25, 0.3) is 105 Å². The lowest BCUT2D eigenvalue weighted by Crippen LogP contribution is -1.98. The van der Waals surface area contributed by atoms with E-state index in [9.17, 15) is 0 Å². The number of hydrogen-bond donors (Lipinski definition) is 0. The molecular formula is C45H26N4. The van der Waals surface area contributed by atoms with Crippen molar-refractivity contribution in [3.63, 3.8) is 0 Å². The molecule has 0 aliphatic heterocycles. The predicted octanol–water partition coefficient (Wildman–Crippen LogP) is 11.4. The number of nitrogens with zero attached hydrogens (tertiary/aromatic N) is 4. The van der Waals surface area contributed by atoms with Gasteiger partial charge in [-0.3, -0.25) is 0 Å². The van der Waals surface area contributed by atoms with Crippen molar-refractivity contribution in [2.24, 2.45) is 0 Å². The van der Waals surface area contributed by atoms with Gasteiger partial charge in [-0.2, -0.15) is 0 Å². The van der Waals surface area contributed by atoms with Gasteiger partial charge >= 0.3 is 0 Å². The maximum atomic E-state index is 5.09. The van der Waals surface area contributed by atoms with Crippen molar-refractivity contribution < 1.29 is 0 Å². The van der Waals surface area contributed by atoms with Crippen LogP contribution in [-0.2, 0) is 0 Å². The van der Waals surface area contributed by atoms with E-state index in [1.54, 1.807) is 6.20 Å². The van der Waals surface area contributed by atoms with Crippen molar-refractivity contribution in [3.05, 3.63) is 158 Å². The topological polar surface area (TPSA) is 43.6 Å². The molecule has 10 aromatic rings. The Morgan fingerprint density at radius 2 is 1.14 bits per heavy atom. The van der Waals surface area contributed by atoms with Crippen LogP contribution in [0, 0.1) is 0 Å². The van der Waals surface area contributed by atoms with Crippen molar-refractivity contribution in [1.82, 2.24) is 19.5 Å². The Kier molecular flexibility index (Phi) is 5.35. The van der Waals surface area contributed by atoms with E-state index in [0.717, 1.165) is 27.9 Å². The molecule has 0 N–H and O–H groups in total. The Morgan fingerprint density at radius 1 is 0.429 bits per heavy atom. The second-order valence-electron chi connectivity index (χ2n) is 12.8. The van der Waals surface area contributed by atoms with E-state index in [0.29, 0.717) is 11.5 Å². The summed E-state index contributed by atoms with van der Waals surface area (Å²) in [5.41, 5.74) is 12.3. The van der Waals surface area contributed by atoms with E-state index < -0.39 is 0 Å². The standard InChI is InChI=1S/C45H26N4/c1-2-10-27(11-3-1)43-36-18-9-23-46-45(36)48-44(47-43)28-19-21-31(22-20-28)49-39-25-30-13-5-4-12-29(30)24-38(39)42-35-17-8-16-34-32-14-6-7-15-33(32)37(41(34)35)26-40(42)49/h1-26H. The zero-order valence-electron chi connectivity index (χ0n) is 26.3. The lowest BCUT2D eigenvalue weighted by Gasteiger charge is -2.12. The van der Waals surface area contributed by atoms with E-state index in [-0.39, 0.29) is 0 Å². The van der Waals surface area contributed by atoms with Gasteiger partial charge in [0.2, 0.25) is 0 Å². The largest absolute Gasteiger partial charge is 0.309 e. The number of fused-ring (bicyclic) bond motifs is 9. The molecule has 1 aliphatic rings. The molecule has 4 heteroatoms. The Bertz CT molecular complexity index is 2980. The second kappa shape index (κ2) is 9.93. The van der Waals surface area contributed by atoms with Crippen molar-refractivity contribution in [2.45, 2.75) is 0 Å². The first-order chi connectivity index (χ1) is 24.3. The Hall–Kier alpha value is -6.65. The summed E-state index contributed by atoms with van der Waals surface area (Å²) in [7, 11) is 0. The van der Waals surface area contributed by atoms with Crippen LogP contribution in [0.2, 0.25) is 0 Å². The van der Waals surface area contributed by atoms with Gasteiger partial charge < -0.3 is 4.57 Å². The highest BCUT2D eigenvalue weighted by Crippen LogP contribution is 2.51. The molecule has 226 valence electrons. The maximum Gasteiger partial charge on any atom is 0.163 e. The van der Waals surface area contributed by atoms with Gasteiger partial charge in [0, 0.05) is 39.2 Å². The van der Waals surface area contributed by atoms with Gasteiger partial charge in [0.25, 0.3) is 0 Å². The van der Waals surface area contributed by atoms with Crippen LogP contribution < -0.4 is 0 Å². The number of rotatable bonds is 3. The van der Waals surface area contributed by atoms with Gasteiger partial charge in [0.1, 0.15) is 0 Å². The highest BCUT2D eigenvalue weighted by Gasteiger charge is 2.25. The predicted molar refractivity (Wildman–Crippen MR) is 202 cm³/mol. The molecule has 1 aliphatic carbocycles. The molecule has 0 bridgehead atoms. The molecule has 0 unspecified atom stereocenters. The number of pyridine rings is 1. The molecule has 0 atom stereocenters. The van der Waals surface area contributed by atoms with Crippen LogP contribution >= 0.6 is 0 Å². The normalized spacial score (nSPS) is 12.1. The average molecular weight is 623 g/mol. The van der Waals surface area contributed by atoms with Crippen LogP contribution in [0.1, 0.15) is 0 Å². The van der Waals surface area contributed by atoms with Crippen LogP contribution in [-0.4, -0.2) is 19.5 Å². The van der Waals surface area contributed by atoms with E-state index in [1.807, 2.05) is 30.3 Å². The van der Waals surface area contributed by atoms with Gasteiger partial charge in [-0.15, -0.1) is 0 Å². The summed E-state index contributed by atoms with van der Waals surface area (Å²) in [5, 5.41) is 8.59. The van der Waals surface area contributed by atoms with Crippen molar-refractivity contribution in [3.8, 4) is 50.6 Å². The summed E-state index contributed by atoms with van der Waals surface area (Å²) < 4.78 is 2.43. The maximum absolute atomic E-state index is 5.09. The first-order valence-electron chi connectivity index (χ1n) is 16.6. The van der Waals surface area contributed by atoms with E-state index in [1.165, 1.54) is 65.6 Å². The third-order valence-corrected chi connectivity index (χ3v) is 10.2. The van der Waals surface area contributed by atoms with Gasteiger partial charge in [-0.25, -0.2) is 15.0 Å². The Labute approximate surface area is 281 Å². The minimum atomic E-state index is 0.660. The van der Waals surface area contributed by atoms with E-state index in [2.05, 4.69) is 131 Å². The third-order valence-electron chi connectivity index (χ3n) is 10.2. The molecule has 49 heavy (non-hydrogen) atoms. The average Bonchev–Trinajstić information content (AvgIpc) is 3.67. The van der Waals surface area contributed by atoms with Crippen LogP contribution in [0.3, 0.4) is 0 Å². The molecule has 4 nitrogen and oxygen atoms in total. The highest BCUT2D eigenvalue weighted by molar-refractivity contribution is 6.30. The fourth-order valence-electron chi connectivity index (χ4n) is 8.01. The van der Waals surface area contributed by atoms with Gasteiger partial charge in [0.05, 0.1) is 16.7 Å². The zero-order chi connectivity index (χ0) is 32.1. The van der Waals surface area contributed by atoms with Gasteiger partial charge in [0.15, 0.2) is 11.5 Å². The molecule has 7 aromatic carbocycles. The summed E-state index contributed by atoms with van der Waals surface area (Å²) in [5.74, 6) is 0.660. The number of aromatic nitrogens is 4. The van der Waals surface area contributed by atoms with Crippen molar-refractivity contribution in [1.29, 1.82) is 0 Å². The summed E-state index contributed by atoms with van der Waals surface area (Å²) in [4.78, 5) is 14.6. The molecular weight excluding hydrogens is 597 g/mol. The first kappa shape index (κ1) is 26.4. The minimum Gasteiger partial charge on any atom is -0.309 e. The zero-order valence-corrected chi connectivity index (χ0v) is 26.3. The van der Waals surface area contributed by atoms with Crippen LogP contribution in [0.15, 0.2) is 158 Å². The fraction of sp³-hybridized carbons (Fsp3) is 0. The summed E-state index contributed by atoms with van der Waals surface area (Å²) in [6.07, 6.45) is 1.79. The second-order valence-corrected chi connectivity index (χ2v) is 12.8. The summed E-state index contributed by atoms with van der Waals surface area (Å²) in [6.45, 7) is 0. The lowest BCUT2D eigenvalue weighted by molar-refractivity contribution is 1.17.